The van der Waals surface area contributed by atoms with Crippen molar-refractivity contribution in [1.29, 1.82) is 0 Å². The first-order chi connectivity index (χ1) is 9.65. The number of aromatic nitrogens is 1. The fourth-order valence-corrected chi connectivity index (χ4v) is 1.95. The van der Waals surface area contributed by atoms with E-state index in [2.05, 4.69) is 4.98 Å². The maximum atomic E-state index is 10.9. The molecule has 20 heavy (non-hydrogen) atoms. The van der Waals surface area contributed by atoms with Crippen molar-refractivity contribution in [3.05, 3.63) is 53.9 Å². The lowest BCUT2D eigenvalue weighted by Gasteiger charge is -2.08. The van der Waals surface area contributed by atoms with Crippen LogP contribution in [0.2, 0.25) is 0 Å². The minimum Gasteiger partial charge on any atom is -0.478 e. The highest BCUT2D eigenvalue weighted by atomic mass is 16.5. The van der Waals surface area contributed by atoms with Gasteiger partial charge >= 0.3 is 5.97 Å². The van der Waals surface area contributed by atoms with Crippen molar-refractivity contribution in [3.8, 4) is 11.6 Å². The zero-order valence-electron chi connectivity index (χ0n) is 10.7. The Morgan fingerprint density at radius 1 is 1.30 bits per heavy atom. The van der Waals surface area contributed by atoms with Crippen LogP contribution in [0.5, 0.6) is 11.6 Å². The van der Waals surface area contributed by atoms with Crippen molar-refractivity contribution >= 4 is 16.9 Å². The second-order valence-electron chi connectivity index (χ2n) is 4.34. The molecule has 3 rings (SSSR count). The van der Waals surface area contributed by atoms with E-state index in [0.717, 1.165) is 10.9 Å². The minimum atomic E-state index is -0.963. The molecule has 0 atom stereocenters. The van der Waals surface area contributed by atoms with Gasteiger partial charge in [0.25, 0.3) is 0 Å². The van der Waals surface area contributed by atoms with Crippen molar-refractivity contribution in [1.82, 2.24) is 4.98 Å². The molecule has 0 unspecified atom stereocenters. The van der Waals surface area contributed by atoms with Crippen molar-refractivity contribution in [2.45, 2.75) is 6.92 Å². The van der Waals surface area contributed by atoms with Gasteiger partial charge in [-0.2, -0.15) is 0 Å². The topological polar surface area (TPSA) is 72.6 Å². The Balaban J connectivity index is 1.99. The molecule has 1 N–H and O–H groups in total. The SMILES string of the molecule is Cc1cc(C(=O)O)ccc1Oc1nccc2occc12. The van der Waals surface area contributed by atoms with Crippen LogP contribution in [-0.4, -0.2) is 16.1 Å². The predicted molar refractivity (Wildman–Crippen MR) is 72.2 cm³/mol. The van der Waals surface area contributed by atoms with Crippen LogP contribution >= 0.6 is 0 Å². The number of carboxylic acid groups (broad SMARTS) is 1. The predicted octanol–water partition coefficient (Wildman–Crippen LogP) is 3.63. The number of aromatic carboxylic acids is 1. The lowest BCUT2D eigenvalue weighted by Crippen LogP contribution is -1.98. The number of rotatable bonds is 3. The zero-order valence-corrected chi connectivity index (χ0v) is 10.7. The first kappa shape index (κ1) is 12.2. The summed E-state index contributed by atoms with van der Waals surface area (Å²) >= 11 is 0. The molecule has 3 aromatic rings. The molecule has 0 saturated heterocycles. The number of pyridine rings is 1. The van der Waals surface area contributed by atoms with Crippen LogP contribution in [0.4, 0.5) is 0 Å². The molecule has 2 aromatic heterocycles. The fourth-order valence-electron chi connectivity index (χ4n) is 1.95. The van der Waals surface area contributed by atoms with Gasteiger partial charge in [0, 0.05) is 6.20 Å². The smallest absolute Gasteiger partial charge is 0.335 e. The van der Waals surface area contributed by atoms with E-state index in [4.69, 9.17) is 14.3 Å². The largest absolute Gasteiger partial charge is 0.478 e. The molecule has 0 aliphatic carbocycles. The molecule has 2 heterocycles. The molecule has 0 bridgehead atoms. The molecule has 100 valence electrons. The van der Waals surface area contributed by atoms with Crippen LogP contribution in [-0.2, 0) is 0 Å². The van der Waals surface area contributed by atoms with E-state index in [1.807, 2.05) is 0 Å². The number of hydrogen-bond acceptors (Lipinski definition) is 4. The molecule has 0 spiro atoms. The van der Waals surface area contributed by atoms with Crippen molar-refractivity contribution in [2.24, 2.45) is 0 Å². The van der Waals surface area contributed by atoms with Crippen LogP contribution < -0.4 is 4.74 Å². The number of furan rings is 1. The highest BCUT2D eigenvalue weighted by Crippen LogP contribution is 2.30. The number of carbonyl (C=O) groups is 1. The maximum Gasteiger partial charge on any atom is 0.335 e. The molecule has 5 heteroatoms. The summed E-state index contributed by atoms with van der Waals surface area (Å²) in [5, 5.41) is 9.71. The number of fused-ring (bicyclic) bond motifs is 1. The average Bonchev–Trinajstić information content (AvgIpc) is 2.90. The molecule has 0 radical (unpaired) electrons. The van der Waals surface area contributed by atoms with Gasteiger partial charge in [-0.15, -0.1) is 0 Å². The van der Waals surface area contributed by atoms with E-state index in [-0.39, 0.29) is 5.56 Å². The molecule has 0 saturated carbocycles. The molecule has 0 aliphatic rings. The summed E-state index contributed by atoms with van der Waals surface area (Å²) in [5.74, 6) is 0.0355. The normalized spacial score (nSPS) is 10.7. The molecule has 0 aliphatic heterocycles. The molecular weight excluding hydrogens is 258 g/mol. The van der Waals surface area contributed by atoms with Gasteiger partial charge in [0.15, 0.2) is 0 Å². The van der Waals surface area contributed by atoms with Gasteiger partial charge in [-0.05, 0) is 42.8 Å². The Morgan fingerprint density at radius 3 is 2.90 bits per heavy atom. The lowest BCUT2D eigenvalue weighted by atomic mass is 10.1. The second kappa shape index (κ2) is 4.70. The lowest BCUT2D eigenvalue weighted by molar-refractivity contribution is 0.0697. The second-order valence-corrected chi connectivity index (χ2v) is 4.34. The number of nitrogens with zero attached hydrogens (tertiary/aromatic N) is 1. The van der Waals surface area contributed by atoms with E-state index in [0.29, 0.717) is 17.2 Å². The van der Waals surface area contributed by atoms with Crippen LogP contribution in [0.15, 0.2) is 47.2 Å². The quantitative estimate of drug-likeness (QED) is 0.786. The Bertz CT molecular complexity index is 791. The standard InChI is InChI=1S/C15H11NO4/c1-9-8-10(15(17)18)2-3-12(9)20-14-11-5-7-19-13(11)4-6-16-14/h2-8H,1H3,(H,17,18). The summed E-state index contributed by atoms with van der Waals surface area (Å²) in [5.41, 5.74) is 1.64. The highest BCUT2D eigenvalue weighted by Gasteiger charge is 2.10. The summed E-state index contributed by atoms with van der Waals surface area (Å²) in [6, 6.07) is 8.22. The minimum absolute atomic E-state index is 0.226. The summed E-state index contributed by atoms with van der Waals surface area (Å²) in [4.78, 5) is 15.1. The number of hydrogen-bond donors (Lipinski definition) is 1. The average molecular weight is 269 g/mol. The highest BCUT2D eigenvalue weighted by molar-refractivity contribution is 5.88. The fraction of sp³-hybridized carbons (Fsp3) is 0.0667. The first-order valence-electron chi connectivity index (χ1n) is 5.99. The third-order valence-corrected chi connectivity index (χ3v) is 2.97. The Morgan fingerprint density at radius 2 is 2.15 bits per heavy atom. The van der Waals surface area contributed by atoms with E-state index in [1.54, 1.807) is 43.6 Å². The number of ether oxygens (including phenoxy) is 1. The molecule has 1 aromatic carbocycles. The Labute approximate surface area is 114 Å². The van der Waals surface area contributed by atoms with E-state index in [9.17, 15) is 4.79 Å². The van der Waals surface area contributed by atoms with Crippen LogP contribution in [0.1, 0.15) is 15.9 Å². The van der Waals surface area contributed by atoms with Crippen molar-refractivity contribution in [3.63, 3.8) is 0 Å². The Kier molecular flexibility index (Phi) is 2.87. The van der Waals surface area contributed by atoms with Crippen molar-refractivity contribution in [2.75, 3.05) is 0 Å². The third kappa shape index (κ3) is 2.09. The van der Waals surface area contributed by atoms with Gasteiger partial charge in [-0.3, -0.25) is 0 Å². The number of aryl methyl sites for hydroxylation is 1. The van der Waals surface area contributed by atoms with Gasteiger partial charge in [-0.1, -0.05) is 0 Å². The van der Waals surface area contributed by atoms with Crippen LogP contribution in [0.25, 0.3) is 11.0 Å². The molecular formula is C15H11NO4. The summed E-state index contributed by atoms with van der Waals surface area (Å²) in [6.45, 7) is 1.79. The third-order valence-electron chi connectivity index (χ3n) is 2.97. The van der Waals surface area contributed by atoms with E-state index in [1.165, 1.54) is 6.07 Å². The van der Waals surface area contributed by atoms with E-state index < -0.39 is 5.97 Å². The van der Waals surface area contributed by atoms with Gasteiger partial charge < -0.3 is 14.3 Å². The first-order valence-corrected chi connectivity index (χ1v) is 5.99. The van der Waals surface area contributed by atoms with Crippen LogP contribution in [0, 0.1) is 6.92 Å². The molecule has 5 nitrogen and oxygen atoms in total. The van der Waals surface area contributed by atoms with E-state index >= 15 is 0 Å². The monoisotopic (exact) mass is 269 g/mol. The summed E-state index contributed by atoms with van der Waals surface area (Å²) < 4.78 is 11.0. The van der Waals surface area contributed by atoms with Crippen LogP contribution in [0.3, 0.4) is 0 Å². The van der Waals surface area contributed by atoms with Gasteiger partial charge in [0.2, 0.25) is 5.88 Å². The molecule has 0 amide bonds. The maximum absolute atomic E-state index is 10.9. The number of benzene rings is 1. The van der Waals surface area contributed by atoms with Gasteiger partial charge in [0.05, 0.1) is 17.2 Å². The molecule has 0 fully saturated rings. The van der Waals surface area contributed by atoms with Gasteiger partial charge in [0.1, 0.15) is 11.3 Å². The summed E-state index contributed by atoms with van der Waals surface area (Å²) in [6.07, 6.45) is 3.17. The number of carboxylic acids is 1. The zero-order chi connectivity index (χ0) is 14.1. The summed E-state index contributed by atoms with van der Waals surface area (Å²) in [7, 11) is 0. The van der Waals surface area contributed by atoms with Crippen molar-refractivity contribution < 1.29 is 19.1 Å². The Hall–Kier alpha value is -2.82. The van der Waals surface area contributed by atoms with Gasteiger partial charge in [-0.25, -0.2) is 9.78 Å².